The zero-order chi connectivity index (χ0) is 31.9. The number of ether oxygens (including phenoxy) is 2. The third-order valence-electron chi connectivity index (χ3n) is 7.30. The summed E-state index contributed by atoms with van der Waals surface area (Å²) in [5.74, 6) is -0.664. The first-order chi connectivity index (χ1) is 20.0. The van der Waals surface area contributed by atoms with E-state index < -0.39 is 61.1 Å². The van der Waals surface area contributed by atoms with E-state index in [1.807, 2.05) is 0 Å². The minimum absolute atomic E-state index is 0.332. The van der Waals surface area contributed by atoms with E-state index in [0.29, 0.717) is 6.42 Å². The van der Waals surface area contributed by atoms with Crippen LogP contribution in [-0.4, -0.2) is 120 Å². The second-order valence-electron chi connectivity index (χ2n) is 11.0. The number of allylic oxidation sites excluding steroid dienone is 2. The van der Waals surface area contributed by atoms with Crippen molar-refractivity contribution in [1.29, 1.82) is 0 Å². The lowest BCUT2D eigenvalue weighted by molar-refractivity contribution is -0.277. The quantitative estimate of drug-likeness (QED) is 0.0843. The normalized spacial score (nSPS) is 30.9. The van der Waals surface area contributed by atoms with Crippen molar-refractivity contribution in [2.75, 3.05) is 13.2 Å². The number of unbranched alkanes of at least 4 members (excludes halogenated alkanes) is 11. The first kappa shape index (κ1) is 40.8. The molecule has 0 aliphatic carbocycles. The Morgan fingerprint density at radius 2 is 1.07 bits per heavy atom. The highest BCUT2D eigenvalue weighted by molar-refractivity contribution is 5.66. The smallest absolute Gasteiger partial charge is 0.303 e. The van der Waals surface area contributed by atoms with E-state index in [1.165, 1.54) is 77.6 Å². The lowest BCUT2D eigenvalue weighted by atomic mass is 10.0. The maximum Gasteiger partial charge on any atom is 0.303 e. The summed E-state index contributed by atoms with van der Waals surface area (Å²) in [6.45, 7) is 3.06. The number of hydrogen-bond donors (Lipinski definition) is 9. The summed E-state index contributed by atoms with van der Waals surface area (Å²) >= 11 is 0. The van der Waals surface area contributed by atoms with Crippen LogP contribution in [0.15, 0.2) is 12.2 Å². The molecule has 2 fully saturated rings. The highest BCUT2D eigenvalue weighted by Gasteiger charge is 2.42. The second kappa shape index (κ2) is 25.2. The largest absolute Gasteiger partial charge is 0.481 e. The summed E-state index contributed by atoms with van der Waals surface area (Å²) in [6, 6.07) is 0. The summed E-state index contributed by atoms with van der Waals surface area (Å²) in [5, 5.41) is 79.9. The lowest BCUT2D eigenvalue weighted by Gasteiger charge is -2.36. The molecule has 9 N–H and O–H groups in total. The molecule has 250 valence electrons. The summed E-state index contributed by atoms with van der Waals surface area (Å²) in [6.07, 6.45) is 11.5. The number of carbonyl (C=O) groups is 1. The molecule has 5 unspecified atom stereocenters. The molecule has 0 aromatic rings. The molecular weight excluding hydrogens is 552 g/mol. The van der Waals surface area contributed by atoms with Crippen LogP contribution in [-0.2, 0) is 14.3 Å². The summed E-state index contributed by atoms with van der Waals surface area (Å²) in [7, 11) is 0. The minimum atomic E-state index is -1.43. The fourth-order valence-corrected chi connectivity index (χ4v) is 4.50. The fourth-order valence-electron chi connectivity index (χ4n) is 4.50. The van der Waals surface area contributed by atoms with Gasteiger partial charge in [0.05, 0.1) is 19.3 Å². The second-order valence-corrected chi connectivity index (χ2v) is 11.0. The van der Waals surface area contributed by atoms with E-state index in [9.17, 15) is 4.79 Å². The maximum atomic E-state index is 10.3. The lowest BCUT2D eigenvalue weighted by Crippen LogP contribution is -2.56. The maximum absolute atomic E-state index is 10.3. The van der Waals surface area contributed by atoms with Crippen molar-refractivity contribution in [2.45, 2.75) is 159 Å². The fraction of sp³-hybridized carbons (Fsp3) is 0.900. The third kappa shape index (κ3) is 17.8. The molecule has 2 saturated heterocycles. The molecule has 2 aliphatic heterocycles. The van der Waals surface area contributed by atoms with E-state index in [1.54, 1.807) is 0 Å². The van der Waals surface area contributed by atoms with Crippen molar-refractivity contribution < 1.29 is 60.2 Å². The van der Waals surface area contributed by atoms with Crippen molar-refractivity contribution in [3.05, 3.63) is 12.2 Å². The van der Waals surface area contributed by atoms with Crippen LogP contribution >= 0.6 is 0 Å². The van der Waals surface area contributed by atoms with Crippen molar-refractivity contribution in [3.63, 3.8) is 0 Å². The molecule has 0 aromatic carbocycles. The van der Waals surface area contributed by atoms with Gasteiger partial charge < -0.3 is 55.4 Å². The van der Waals surface area contributed by atoms with Gasteiger partial charge in [0.25, 0.3) is 0 Å². The number of carboxylic acids is 1. The van der Waals surface area contributed by atoms with Crippen molar-refractivity contribution in [3.8, 4) is 0 Å². The Bertz CT molecular complexity index is 647. The van der Waals surface area contributed by atoms with Crippen LogP contribution in [0.1, 0.15) is 104 Å². The van der Waals surface area contributed by atoms with Crippen LogP contribution in [0.3, 0.4) is 0 Å². The van der Waals surface area contributed by atoms with E-state index in [-0.39, 0.29) is 13.2 Å². The molecule has 0 spiro atoms. The van der Waals surface area contributed by atoms with Gasteiger partial charge in [0.15, 0.2) is 6.29 Å². The van der Waals surface area contributed by atoms with Gasteiger partial charge in [0.2, 0.25) is 0 Å². The van der Waals surface area contributed by atoms with E-state index in [0.717, 1.165) is 12.8 Å². The number of aliphatic hydroxyl groups is 8. The average Bonchev–Trinajstić information content (AvgIpc) is 3.25. The van der Waals surface area contributed by atoms with Crippen molar-refractivity contribution in [1.82, 2.24) is 0 Å². The first-order valence-corrected chi connectivity index (χ1v) is 15.5. The average molecular weight is 611 g/mol. The van der Waals surface area contributed by atoms with Crippen LogP contribution in [0.5, 0.6) is 0 Å². The topological polar surface area (TPSA) is 218 Å². The predicted octanol–water partition coefficient (Wildman–Crippen LogP) is 1.37. The van der Waals surface area contributed by atoms with Gasteiger partial charge in [-0.05, 0) is 39.0 Å². The van der Waals surface area contributed by atoms with Crippen LogP contribution in [0.4, 0.5) is 0 Å². The molecule has 0 saturated carbocycles. The zero-order valence-electron chi connectivity index (χ0n) is 25.4. The molecule has 0 amide bonds. The Morgan fingerprint density at radius 1 is 0.619 bits per heavy atom. The number of aliphatic hydroxyl groups excluding tert-OH is 8. The first-order valence-electron chi connectivity index (χ1n) is 15.5. The minimum Gasteiger partial charge on any atom is -0.481 e. The molecule has 2 aliphatic rings. The van der Waals surface area contributed by atoms with E-state index in [2.05, 4.69) is 23.8 Å². The van der Waals surface area contributed by atoms with Gasteiger partial charge >= 0.3 is 5.97 Å². The summed E-state index contributed by atoms with van der Waals surface area (Å²) in [5.41, 5.74) is 0. The van der Waals surface area contributed by atoms with Crippen LogP contribution in [0.25, 0.3) is 0 Å². The van der Waals surface area contributed by atoms with Gasteiger partial charge in [-0.1, -0.05) is 70.4 Å². The molecule has 0 aromatic heterocycles. The van der Waals surface area contributed by atoms with Gasteiger partial charge in [-0.3, -0.25) is 4.79 Å². The number of rotatable bonds is 17. The molecule has 0 radical (unpaired) electrons. The Labute approximate surface area is 250 Å². The highest BCUT2D eigenvalue weighted by Crippen LogP contribution is 2.20. The Morgan fingerprint density at radius 3 is 1.50 bits per heavy atom. The molecule has 42 heavy (non-hydrogen) atoms. The van der Waals surface area contributed by atoms with E-state index in [4.69, 9.17) is 50.7 Å². The van der Waals surface area contributed by atoms with Crippen LogP contribution < -0.4 is 0 Å². The molecule has 0 bridgehead atoms. The monoisotopic (exact) mass is 610 g/mol. The SMILES string of the molecule is CC1OC(O)C(O)C(O)C1O.CCCCCCCC/C=C/CCCCCCCC(=O)O.OC[C@H]1O[C@H](CO)[C@@H](O)[C@@H]1O. The molecular formula is C30H58O12. The predicted molar refractivity (Wildman–Crippen MR) is 157 cm³/mol. The third-order valence-corrected chi connectivity index (χ3v) is 7.30. The van der Waals surface area contributed by atoms with Crippen LogP contribution in [0, 0.1) is 0 Å². The van der Waals surface area contributed by atoms with Crippen LogP contribution in [0.2, 0.25) is 0 Å². The van der Waals surface area contributed by atoms with Crippen molar-refractivity contribution >= 4 is 5.97 Å². The Hall–Kier alpha value is -1.19. The summed E-state index contributed by atoms with van der Waals surface area (Å²) in [4.78, 5) is 10.3. The number of hydrogen-bond acceptors (Lipinski definition) is 11. The summed E-state index contributed by atoms with van der Waals surface area (Å²) < 4.78 is 9.56. The number of aliphatic carboxylic acids is 1. The molecule has 12 heteroatoms. The zero-order valence-corrected chi connectivity index (χ0v) is 25.4. The Balaban J connectivity index is 0.000000645. The molecule has 12 nitrogen and oxygen atoms in total. The number of carboxylic acid groups (broad SMARTS) is 1. The van der Waals surface area contributed by atoms with Crippen molar-refractivity contribution in [2.24, 2.45) is 0 Å². The van der Waals surface area contributed by atoms with Gasteiger partial charge in [-0.25, -0.2) is 0 Å². The van der Waals surface area contributed by atoms with E-state index >= 15 is 0 Å². The Kier molecular flexibility index (Phi) is 24.5. The molecule has 9 atom stereocenters. The molecule has 2 heterocycles. The highest BCUT2D eigenvalue weighted by atomic mass is 16.6. The van der Waals surface area contributed by atoms with Gasteiger partial charge in [0.1, 0.15) is 42.7 Å². The van der Waals surface area contributed by atoms with Gasteiger partial charge in [-0.2, -0.15) is 0 Å². The van der Waals surface area contributed by atoms with Gasteiger partial charge in [-0.15, -0.1) is 0 Å². The standard InChI is InChI=1S/C18H34O2.2C6H12O5/c1-2-3-4-5-6-7-8-9-10-11-12-13-14-15-16-17-18(19)20;7-1-3-5(9)6(10)4(2-8)11-3;1-2-3(7)4(8)5(9)6(10)11-2/h9-10H,2-8,11-17H2,1H3,(H,19,20);3-10H,1-2H2;2-10H,1H3/b10-9+;;/t;3-,4-,5-,6-;/m.1./s1. The molecule has 2 rings (SSSR count). The van der Waals surface area contributed by atoms with Gasteiger partial charge in [0, 0.05) is 6.42 Å².